The molecule has 6 nitrogen and oxygen atoms in total. The first-order valence-electron chi connectivity index (χ1n) is 7.86. The first kappa shape index (κ1) is 18.7. The summed E-state index contributed by atoms with van der Waals surface area (Å²) in [6, 6.07) is 6.57. The Kier molecular flexibility index (Phi) is 6.62. The highest BCUT2D eigenvalue weighted by molar-refractivity contribution is 7.91. The zero-order chi connectivity index (χ0) is 17.6. The molecule has 1 atom stereocenters. The molecule has 0 aliphatic carbocycles. The third-order valence-electron chi connectivity index (χ3n) is 3.89. The molecule has 0 aromatic heterocycles. The smallest absolute Gasteiger partial charge is 0.251 e. The van der Waals surface area contributed by atoms with E-state index in [0.29, 0.717) is 42.9 Å². The fourth-order valence-electron chi connectivity index (χ4n) is 2.53. The molecule has 1 heterocycles. The van der Waals surface area contributed by atoms with E-state index in [2.05, 4.69) is 10.6 Å². The Balaban J connectivity index is 1.59. The number of amides is 2. The van der Waals surface area contributed by atoms with E-state index in [4.69, 9.17) is 11.6 Å². The van der Waals surface area contributed by atoms with Gasteiger partial charge in [-0.1, -0.05) is 11.6 Å². The van der Waals surface area contributed by atoms with Crippen LogP contribution < -0.4 is 10.6 Å². The Morgan fingerprint density at radius 1 is 1.17 bits per heavy atom. The van der Waals surface area contributed by atoms with Crippen molar-refractivity contribution in [2.75, 3.05) is 24.6 Å². The number of carbonyl (C=O) groups excluding carboxylic acids is 2. The van der Waals surface area contributed by atoms with Crippen LogP contribution in [0.25, 0.3) is 0 Å². The van der Waals surface area contributed by atoms with Gasteiger partial charge in [0.15, 0.2) is 9.84 Å². The molecule has 2 N–H and O–H groups in total. The van der Waals surface area contributed by atoms with Gasteiger partial charge in [-0.2, -0.15) is 0 Å². The van der Waals surface area contributed by atoms with Crippen molar-refractivity contribution >= 4 is 33.3 Å². The minimum Gasteiger partial charge on any atom is -0.356 e. The first-order valence-corrected chi connectivity index (χ1v) is 10.1. The van der Waals surface area contributed by atoms with Gasteiger partial charge in [-0.15, -0.1) is 0 Å². The quantitative estimate of drug-likeness (QED) is 0.707. The maximum Gasteiger partial charge on any atom is 0.251 e. The number of rotatable bonds is 7. The van der Waals surface area contributed by atoms with E-state index >= 15 is 0 Å². The van der Waals surface area contributed by atoms with E-state index in [1.807, 2.05) is 0 Å². The molecule has 2 amide bonds. The predicted molar refractivity (Wildman–Crippen MR) is 92.8 cm³/mol. The molecule has 0 spiro atoms. The molecule has 1 aromatic rings. The normalized spacial score (nSPS) is 19.0. The van der Waals surface area contributed by atoms with Crippen LogP contribution in [0, 0.1) is 5.92 Å². The van der Waals surface area contributed by atoms with Gasteiger partial charge < -0.3 is 10.6 Å². The van der Waals surface area contributed by atoms with E-state index in [1.54, 1.807) is 24.3 Å². The van der Waals surface area contributed by atoms with Crippen LogP contribution in [0.2, 0.25) is 5.02 Å². The number of hydrogen-bond acceptors (Lipinski definition) is 4. The van der Waals surface area contributed by atoms with Crippen LogP contribution in [0.1, 0.15) is 29.6 Å². The van der Waals surface area contributed by atoms with Gasteiger partial charge in [0.25, 0.3) is 5.91 Å². The molecular weight excluding hydrogens is 352 g/mol. The Bertz CT molecular complexity index is 689. The second kappa shape index (κ2) is 8.48. The number of nitrogens with one attached hydrogen (secondary N) is 2. The van der Waals surface area contributed by atoms with Gasteiger partial charge in [0, 0.05) is 30.1 Å². The SMILES string of the molecule is O=C(CCCNC(=O)c1ccc(Cl)cc1)NCC1CCS(=O)(=O)C1. The molecule has 1 aliphatic heterocycles. The van der Waals surface area contributed by atoms with Crippen molar-refractivity contribution in [3.05, 3.63) is 34.9 Å². The molecule has 1 unspecified atom stereocenters. The molecular formula is C16H21ClN2O4S. The summed E-state index contributed by atoms with van der Waals surface area (Å²) < 4.78 is 22.7. The van der Waals surface area contributed by atoms with Gasteiger partial charge in [-0.25, -0.2) is 8.42 Å². The Hall–Kier alpha value is -1.60. The molecule has 0 radical (unpaired) electrons. The molecule has 132 valence electrons. The highest BCUT2D eigenvalue weighted by Gasteiger charge is 2.27. The Morgan fingerprint density at radius 2 is 1.88 bits per heavy atom. The topological polar surface area (TPSA) is 92.3 Å². The van der Waals surface area contributed by atoms with Gasteiger partial charge in [0.2, 0.25) is 5.91 Å². The van der Waals surface area contributed by atoms with Crippen molar-refractivity contribution in [2.45, 2.75) is 19.3 Å². The van der Waals surface area contributed by atoms with Crippen LogP contribution in [-0.2, 0) is 14.6 Å². The fourth-order valence-corrected chi connectivity index (χ4v) is 4.52. The molecule has 1 aromatic carbocycles. The van der Waals surface area contributed by atoms with E-state index in [9.17, 15) is 18.0 Å². The second-order valence-corrected chi connectivity index (χ2v) is 8.60. The summed E-state index contributed by atoms with van der Waals surface area (Å²) in [6.07, 6.45) is 1.42. The number of benzene rings is 1. The van der Waals surface area contributed by atoms with Gasteiger partial charge in [-0.3, -0.25) is 9.59 Å². The van der Waals surface area contributed by atoms with E-state index in [1.165, 1.54) is 0 Å². The summed E-state index contributed by atoms with van der Waals surface area (Å²) in [6.45, 7) is 0.794. The van der Waals surface area contributed by atoms with Gasteiger partial charge in [0.1, 0.15) is 0 Å². The van der Waals surface area contributed by atoms with Crippen molar-refractivity contribution in [3.8, 4) is 0 Å². The average Bonchev–Trinajstić information content (AvgIpc) is 2.89. The van der Waals surface area contributed by atoms with Gasteiger partial charge in [0.05, 0.1) is 11.5 Å². The summed E-state index contributed by atoms with van der Waals surface area (Å²) >= 11 is 5.76. The van der Waals surface area contributed by atoms with Crippen LogP contribution in [0.15, 0.2) is 24.3 Å². The molecule has 1 aliphatic rings. The maximum absolute atomic E-state index is 11.8. The van der Waals surface area contributed by atoms with Crippen molar-refractivity contribution in [2.24, 2.45) is 5.92 Å². The average molecular weight is 373 g/mol. The Morgan fingerprint density at radius 3 is 2.50 bits per heavy atom. The molecule has 1 saturated heterocycles. The molecule has 2 rings (SSSR count). The van der Waals surface area contributed by atoms with Crippen LogP contribution in [0.5, 0.6) is 0 Å². The zero-order valence-corrected chi connectivity index (χ0v) is 14.8. The third kappa shape index (κ3) is 6.13. The third-order valence-corrected chi connectivity index (χ3v) is 5.98. The number of hydrogen-bond donors (Lipinski definition) is 2. The lowest BCUT2D eigenvalue weighted by atomic mass is 10.1. The standard InChI is InChI=1S/C16H21ClN2O4S/c17-14-5-3-13(4-6-14)16(21)18-8-1-2-15(20)19-10-12-7-9-24(22,23)11-12/h3-6,12H,1-2,7-11H2,(H,18,21)(H,19,20). The monoisotopic (exact) mass is 372 g/mol. The minimum absolute atomic E-state index is 0.0172. The van der Waals surface area contributed by atoms with Crippen LogP contribution >= 0.6 is 11.6 Å². The zero-order valence-electron chi connectivity index (χ0n) is 13.3. The predicted octanol–water partition coefficient (Wildman–Crippen LogP) is 1.40. The van der Waals surface area contributed by atoms with E-state index in [-0.39, 0.29) is 29.2 Å². The molecule has 0 bridgehead atoms. The summed E-state index contributed by atoms with van der Waals surface area (Å²) in [5, 5.41) is 6.07. The number of halogens is 1. The second-order valence-electron chi connectivity index (χ2n) is 5.94. The maximum atomic E-state index is 11.8. The van der Waals surface area contributed by atoms with Gasteiger partial charge >= 0.3 is 0 Å². The molecule has 8 heteroatoms. The lowest BCUT2D eigenvalue weighted by Gasteiger charge is -2.10. The fraction of sp³-hybridized carbons (Fsp3) is 0.500. The lowest BCUT2D eigenvalue weighted by Crippen LogP contribution is -2.31. The summed E-state index contributed by atoms with van der Waals surface area (Å²) in [5.74, 6) is 0.0566. The van der Waals surface area contributed by atoms with Crippen LogP contribution in [0.3, 0.4) is 0 Å². The van der Waals surface area contributed by atoms with Crippen LogP contribution in [-0.4, -0.2) is 44.8 Å². The Labute approximate surface area is 146 Å². The lowest BCUT2D eigenvalue weighted by molar-refractivity contribution is -0.121. The first-order chi connectivity index (χ1) is 11.4. The molecule has 0 saturated carbocycles. The van der Waals surface area contributed by atoms with Gasteiger partial charge in [-0.05, 0) is 43.0 Å². The summed E-state index contributed by atoms with van der Waals surface area (Å²) in [5.41, 5.74) is 0.520. The van der Waals surface area contributed by atoms with Crippen molar-refractivity contribution in [1.82, 2.24) is 10.6 Å². The van der Waals surface area contributed by atoms with Crippen molar-refractivity contribution in [3.63, 3.8) is 0 Å². The number of sulfone groups is 1. The highest BCUT2D eigenvalue weighted by Crippen LogP contribution is 2.17. The van der Waals surface area contributed by atoms with Crippen molar-refractivity contribution < 1.29 is 18.0 Å². The summed E-state index contributed by atoms with van der Waals surface area (Å²) in [7, 11) is -2.91. The van der Waals surface area contributed by atoms with Crippen LogP contribution in [0.4, 0.5) is 0 Å². The molecule has 24 heavy (non-hydrogen) atoms. The largest absolute Gasteiger partial charge is 0.356 e. The van der Waals surface area contributed by atoms with E-state index in [0.717, 1.165) is 0 Å². The minimum atomic E-state index is -2.91. The van der Waals surface area contributed by atoms with E-state index < -0.39 is 9.84 Å². The number of carbonyl (C=O) groups is 2. The molecule has 1 fully saturated rings. The summed E-state index contributed by atoms with van der Waals surface area (Å²) in [4.78, 5) is 23.6. The highest BCUT2D eigenvalue weighted by atomic mass is 35.5. The van der Waals surface area contributed by atoms with Crippen molar-refractivity contribution in [1.29, 1.82) is 0 Å².